The van der Waals surface area contributed by atoms with Crippen LogP contribution < -0.4 is 10.6 Å². The van der Waals surface area contributed by atoms with Crippen molar-refractivity contribution in [1.82, 2.24) is 10.3 Å². The second kappa shape index (κ2) is 8.97. The molecule has 6 heteroatoms. The highest BCUT2D eigenvalue weighted by atomic mass is 32.2. The normalized spacial score (nSPS) is 15.9. The van der Waals surface area contributed by atoms with Crippen molar-refractivity contribution in [2.45, 2.75) is 35.5 Å². The molecule has 4 rings (SSSR count). The van der Waals surface area contributed by atoms with Crippen molar-refractivity contribution in [3.63, 3.8) is 0 Å². The van der Waals surface area contributed by atoms with Crippen molar-refractivity contribution in [3.05, 3.63) is 83.2 Å². The third kappa shape index (κ3) is 4.62. The summed E-state index contributed by atoms with van der Waals surface area (Å²) >= 11 is 1.80. The molecule has 1 atom stereocenters. The van der Waals surface area contributed by atoms with Gasteiger partial charge < -0.3 is 20.8 Å². The van der Waals surface area contributed by atoms with Crippen LogP contribution >= 0.6 is 11.8 Å². The van der Waals surface area contributed by atoms with E-state index in [-0.39, 0.29) is 6.04 Å². The minimum atomic E-state index is -1.52. The molecular weight excluding hydrogens is 382 g/mol. The van der Waals surface area contributed by atoms with Crippen LogP contribution in [0.5, 0.6) is 0 Å². The molecule has 2 heterocycles. The Morgan fingerprint density at radius 2 is 2.07 bits per heavy atom. The minimum absolute atomic E-state index is 0.153. The summed E-state index contributed by atoms with van der Waals surface area (Å²) in [6.07, 6.45) is 2.66. The fourth-order valence-electron chi connectivity index (χ4n) is 3.66. The molecule has 5 nitrogen and oxygen atoms in total. The molecule has 150 valence electrons. The predicted octanol–water partition coefficient (Wildman–Crippen LogP) is 3.82. The number of fused-ring (bicyclic) bond motifs is 1. The van der Waals surface area contributed by atoms with E-state index in [4.69, 9.17) is 0 Å². The second-order valence-corrected chi connectivity index (χ2v) is 8.32. The molecule has 0 saturated heterocycles. The van der Waals surface area contributed by atoms with Crippen molar-refractivity contribution in [2.24, 2.45) is 0 Å². The van der Waals surface area contributed by atoms with Gasteiger partial charge >= 0.3 is 0 Å². The third-order valence-electron chi connectivity index (χ3n) is 5.23. The average Bonchev–Trinajstić information content (AvgIpc) is 2.74. The first-order valence-corrected chi connectivity index (χ1v) is 10.6. The van der Waals surface area contributed by atoms with Gasteiger partial charge in [0, 0.05) is 34.1 Å². The van der Waals surface area contributed by atoms with Crippen LogP contribution in [0, 0.1) is 6.92 Å². The number of aromatic nitrogens is 1. The number of nitrogens with one attached hydrogen (secondary N) is 2. The molecule has 0 unspecified atom stereocenters. The van der Waals surface area contributed by atoms with Crippen LogP contribution in [-0.4, -0.2) is 28.3 Å². The van der Waals surface area contributed by atoms with E-state index in [0.29, 0.717) is 17.8 Å². The quantitative estimate of drug-likeness (QED) is 0.466. The smallest absolute Gasteiger partial charge is 0.180 e. The Bertz CT molecular complexity index is 993. The fourth-order valence-corrected chi connectivity index (χ4v) is 4.63. The molecule has 0 radical (unpaired) electrons. The topological polar surface area (TPSA) is 77.4 Å². The zero-order valence-corrected chi connectivity index (χ0v) is 17.1. The molecule has 0 amide bonds. The summed E-state index contributed by atoms with van der Waals surface area (Å²) in [5, 5.41) is 26.0. The van der Waals surface area contributed by atoms with Crippen LogP contribution in [0.25, 0.3) is 0 Å². The Hall–Kier alpha value is -2.38. The molecule has 29 heavy (non-hydrogen) atoms. The van der Waals surface area contributed by atoms with Crippen LogP contribution in [0.15, 0.2) is 70.7 Å². The Balaban J connectivity index is 1.50. The largest absolute Gasteiger partial charge is 0.382 e. The van der Waals surface area contributed by atoms with Gasteiger partial charge in [0.25, 0.3) is 0 Å². The van der Waals surface area contributed by atoms with Gasteiger partial charge in [-0.2, -0.15) is 0 Å². The minimum Gasteiger partial charge on any atom is -0.382 e. The lowest BCUT2D eigenvalue weighted by Gasteiger charge is -2.28. The van der Waals surface area contributed by atoms with Gasteiger partial charge in [0.05, 0.1) is 11.9 Å². The maximum Gasteiger partial charge on any atom is 0.180 e. The Kier molecular flexibility index (Phi) is 6.16. The number of aryl methyl sites for hydroxylation is 1. The Morgan fingerprint density at radius 3 is 2.90 bits per heavy atom. The van der Waals surface area contributed by atoms with Gasteiger partial charge in [0.1, 0.15) is 0 Å². The maximum atomic E-state index is 9.54. The summed E-state index contributed by atoms with van der Waals surface area (Å²) in [6, 6.07) is 16.9. The van der Waals surface area contributed by atoms with Crippen molar-refractivity contribution >= 4 is 17.4 Å². The number of aliphatic hydroxyl groups is 2. The number of rotatable bonds is 6. The zero-order chi connectivity index (χ0) is 20.2. The SMILES string of the molecule is Cc1ccccc1Sc1ccc2c(c1)CCN[C@H]2CNc1cnccc1C(O)O. The predicted molar refractivity (Wildman–Crippen MR) is 116 cm³/mol. The summed E-state index contributed by atoms with van der Waals surface area (Å²) in [6.45, 7) is 3.70. The van der Waals surface area contributed by atoms with E-state index in [9.17, 15) is 10.2 Å². The van der Waals surface area contributed by atoms with Crippen LogP contribution in [0.4, 0.5) is 5.69 Å². The lowest BCUT2D eigenvalue weighted by atomic mass is 9.94. The second-order valence-electron chi connectivity index (χ2n) is 7.20. The van der Waals surface area contributed by atoms with E-state index < -0.39 is 6.29 Å². The third-order valence-corrected chi connectivity index (χ3v) is 6.39. The lowest BCUT2D eigenvalue weighted by molar-refractivity contribution is -0.0419. The molecule has 0 aliphatic carbocycles. The summed E-state index contributed by atoms with van der Waals surface area (Å²) in [5.41, 5.74) is 5.01. The van der Waals surface area contributed by atoms with E-state index in [1.165, 1.54) is 26.5 Å². The molecule has 0 spiro atoms. The lowest BCUT2D eigenvalue weighted by Crippen LogP contribution is -2.34. The van der Waals surface area contributed by atoms with Crippen molar-refractivity contribution in [1.29, 1.82) is 0 Å². The number of hydrogen-bond acceptors (Lipinski definition) is 6. The highest BCUT2D eigenvalue weighted by Gasteiger charge is 2.21. The first kappa shape index (κ1) is 19.9. The van der Waals surface area contributed by atoms with Gasteiger partial charge in [-0.05, 0) is 60.8 Å². The van der Waals surface area contributed by atoms with E-state index in [2.05, 4.69) is 65.0 Å². The van der Waals surface area contributed by atoms with E-state index in [0.717, 1.165) is 13.0 Å². The molecule has 4 N–H and O–H groups in total. The molecule has 2 aromatic carbocycles. The van der Waals surface area contributed by atoms with Crippen LogP contribution in [0.3, 0.4) is 0 Å². The first-order valence-electron chi connectivity index (χ1n) is 9.75. The highest BCUT2D eigenvalue weighted by molar-refractivity contribution is 7.99. The molecule has 1 aliphatic heterocycles. The number of benzene rings is 2. The van der Waals surface area contributed by atoms with Gasteiger partial charge in [-0.1, -0.05) is 36.0 Å². The first-order chi connectivity index (χ1) is 14.1. The number of pyridine rings is 1. The summed E-state index contributed by atoms with van der Waals surface area (Å²) in [5.74, 6) is 0. The summed E-state index contributed by atoms with van der Waals surface area (Å²) < 4.78 is 0. The van der Waals surface area contributed by atoms with Gasteiger partial charge in [0.15, 0.2) is 6.29 Å². The fraction of sp³-hybridized carbons (Fsp3) is 0.261. The van der Waals surface area contributed by atoms with Crippen LogP contribution in [0.1, 0.15) is 34.6 Å². The average molecular weight is 408 g/mol. The molecular formula is C23H25N3O2S. The Morgan fingerprint density at radius 1 is 1.21 bits per heavy atom. The molecule has 0 bridgehead atoms. The van der Waals surface area contributed by atoms with Crippen LogP contribution in [-0.2, 0) is 6.42 Å². The zero-order valence-electron chi connectivity index (χ0n) is 16.3. The monoisotopic (exact) mass is 407 g/mol. The van der Waals surface area contributed by atoms with Crippen molar-refractivity contribution in [3.8, 4) is 0 Å². The molecule has 0 fully saturated rings. The van der Waals surface area contributed by atoms with Gasteiger partial charge in [-0.3, -0.25) is 4.98 Å². The highest BCUT2D eigenvalue weighted by Crippen LogP contribution is 2.34. The van der Waals surface area contributed by atoms with Gasteiger partial charge in [0.2, 0.25) is 0 Å². The summed E-state index contributed by atoms with van der Waals surface area (Å²) in [7, 11) is 0. The summed E-state index contributed by atoms with van der Waals surface area (Å²) in [4.78, 5) is 6.62. The van der Waals surface area contributed by atoms with Gasteiger partial charge in [-0.25, -0.2) is 0 Å². The molecule has 1 aliphatic rings. The standard InChI is InChI=1S/C23H25N3O2S/c1-15-4-2-3-5-22(15)29-17-6-7-18-16(12-17)8-11-25-21(18)14-26-20-13-24-10-9-19(20)23(27)28/h2-7,9-10,12-13,21,23,25-28H,8,11,14H2,1H3/t21-/m0/s1. The van der Waals surface area contributed by atoms with Crippen molar-refractivity contribution in [2.75, 3.05) is 18.4 Å². The van der Waals surface area contributed by atoms with E-state index in [1.807, 2.05) is 0 Å². The van der Waals surface area contributed by atoms with E-state index in [1.54, 1.807) is 30.2 Å². The number of hydrogen-bond donors (Lipinski definition) is 4. The van der Waals surface area contributed by atoms with Crippen LogP contribution in [0.2, 0.25) is 0 Å². The molecule has 1 aromatic heterocycles. The number of anilines is 1. The Labute approximate surface area is 175 Å². The molecule has 0 saturated carbocycles. The van der Waals surface area contributed by atoms with Crippen molar-refractivity contribution < 1.29 is 10.2 Å². The number of aliphatic hydroxyl groups excluding tert-OH is 1. The maximum absolute atomic E-state index is 9.54. The van der Waals surface area contributed by atoms with Gasteiger partial charge in [-0.15, -0.1) is 0 Å². The molecule has 3 aromatic rings. The van der Waals surface area contributed by atoms with E-state index >= 15 is 0 Å². The number of nitrogens with zero attached hydrogens (tertiary/aromatic N) is 1.